The van der Waals surface area contributed by atoms with Gasteiger partial charge in [0.2, 0.25) is 0 Å². The predicted octanol–water partition coefficient (Wildman–Crippen LogP) is 1.41. The maximum absolute atomic E-state index is 11.5. The highest BCUT2D eigenvalue weighted by atomic mass is 16.5. The fourth-order valence-corrected chi connectivity index (χ4v) is 1.72. The number of ether oxygens (including phenoxy) is 1. The Kier molecular flexibility index (Phi) is 4.13. The minimum absolute atomic E-state index is 0.170. The van der Waals surface area contributed by atoms with Crippen molar-refractivity contribution < 1.29 is 14.3 Å². The van der Waals surface area contributed by atoms with Gasteiger partial charge in [0.1, 0.15) is 17.2 Å². The second-order valence-electron chi connectivity index (χ2n) is 4.24. The largest absolute Gasteiger partial charge is 0.465 e. The topological polar surface area (TPSA) is 107 Å². The first-order valence-electron chi connectivity index (χ1n) is 6.10. The van der Waals surface area contributed by atoms with E-state index in [4.69, 9.17) is 5.73 Å². The molecule has 0 fully saturated rings. The van der Waals surface area contributed by atoms with Gasteiger partial charge in [0.25, 0.3) is 5.91 Å². The van der Waals surface area contributed by atoms with Crippen molar-refractivity contribution in [2.45, 2.75) is 6.92 Å². The van der Waals surface area contributed by atoms with E-state index >= 15 is 0 Å². The van der Waals surface area contributed by atoms with Crippen molar-refractivity contribution >= 4 is 23.4 Å². The molecule has 3 N–H and O–H groups in total. The summed E-state index contributed by atoms with van der Waals surface area (Å²) in [6.07, 6.45) is 1.36. The number of hydrogen-bond acceptors (Lipinski definition) is 6. The number of primary amides is 1. The molecule has 7 nitrogen and oxygen atoms in total. The molecule has 21 heavy (non-hydrogen) atoms. The minimum Gasteiger partial charge on any atom is -0.465 e. The summed E-state index contributed by atoms with van der Waals surface area (Å²) in [4.78, 5) is 31.0. The van der Waals surface area contributed by atoms with Crippen LogP contribution in [-0.4, -0.2) is 29.0 Å². The van der Waals surface area contributed by atoms with Gasteiger partial charge >= 0.3 is 5.97 Å². The second-order valence-corrected chi connectivity index (χ2v) is 4.24. The van der Waals surface area contributed by atoms with Gasteiger partial charge in [-0.2, -0.15) is 0 Å². The van der Waals surface area contributed by atoms with Crippen molar-refractivity contribution in [2.24, 2.45) is 5.73 Å². The zero-order valence-corrected chi connectivity index (χ0v) is 11.6. The third-order valence-corrected chi connectivity index (χ3v) is 2.72. The summed E-state index contributed by atoms with van der Waals surface area (Å²) in [7, 11) is 1.31. The highest BCUT2D eigenvalue weighted by molar-refractivity contribution is 5.98. The van der Waals surface area contributed by atoms with Crippen LogP contribution in [0.15, 0.2) is 30.5 Å². The van der Waals surface area contributed by atoms with Crippen LogP contribution in [0.5, 0.6) is 0 Å². The molecule has 0 aliphatic carbocycles. The Morgan fingerprint density at radius 1 is 1.33 bits per heavy atom. The number of methoxy groups -OCH3 is 1. The molecule has 0 unspecified atom stereocenters. The van der Waals surface area contributed by atoms with Crippen molar-refractivity contribution in [3.63, 3.8) is 0 Å². The molecule has 0 saturated carbocycles. The fourth-order valence-electron chi connectivity index (χ4n) is 1.72. The number of aromatic nitrogens is 2. The van der Waals surface area contributed by atoms with E-state index in [0.29, 0.717) is 17.1 Å². The van der Waals surface area contributed by atoms with E-state index in [1.54, 1.807) is 31.2 Å². The molecule has 0 aliphatic rings. The number of hydrogen-bond donors (Lipinski definition) is 2. The number of carbonyl (C=O) groups is 2. The Morgan fingerprint density at radius 3 is 2.76 bits per heavy atom. The van der Waals surface area contributed by atoms with E-state index in [-0.39, 0.29) is 11.4 Å². The van der Waals surface area contributed by atoms with Crippen molar-refractivity contribution in [2.75, 3.05) is 12.4 Å². The summed E-state index contributed by atoms with van der Waals surface area (Å²) in [5.74, 6) is -0.307. The van der Waals surface area contributed by atoms with Crippen LogP contribution in [-0.2, 0) is 4.74 Å². The molecule has 0 bridgehead atoms. The molecule has 0 aliphatic heterocycles. The Balaban J connectivity index is 2.36. The van der Waals surface area contributed by atoms with E-state index in [2.05, 4.69) is 20.0 Å². The molecule has 1 heterocycles. The van der Waals surface area contributed by atoms with Gasteiger partial charge in [0.05, 0.1) is 12.7 Å². The van der Waals surface area contributed by atoms with E-state index in [1.165, 1.54) is 13.3 Å². The fraction of sp³-hybridized carbons (Fsp3) is 0.143. The molecule has 0 saturated heterocycles. The van der Waals surface area contributed by atoms with Crippen LogP contribution in [0.3, 0.4) is 0 Å². The Labute approximate surface area is 121 Å². The summed E-state index contributed by atoms with van der Waals surface area (Å²) >= 11 is 0. The third-order valence-electron chi connectivity index (χ3n) is 2.72. The lowest BCUT2D eigenvalue weighted by atomic mass is 10.2. The molecule has 7 heteroatoms. The molecule has 2 aromatic rings. The number of rotatable bonds is 4. The van der Waals surface area contributed by atoms with E-state index in [1.807, 2.05) is 0 Å². The van der Waals surface area contributed by atoms with Crippen molar-refractivity contribution in [1.82, 2.24) is 9.97 Å². The summed E-state index contributed by atoms with van der Waals surface area (Å²) < 4.78 is 4.66. The Morgan fingerprint density at radius 2 is 2.10 bits per heavy atom. The Hall–Kier alpha value is -2.96. The van der Waals surface area contributed by atoms with Crippen LogP contribution >= 0.6 is 0 Å². The van der Waals surface area contributed by atoms with Gasteiger partial charge in [-0.15, -0.1) is 0 Å². The maximum atomic E-state index is 11.5. The number of aryl methyl sites for hydroxylation is 1. The van der Waals surface area contributed by atoms with Crippen LogP contribution in [0.1, 0.15) is 26.5 Å². The number of anilines is 2. The molecule has 1 aromatic heterocycles. The highest BCUT2D eigenvalue weighted by Gasteiger charge is 2.12. The van der Waals surface area contributed by atoms with Crippen LogP contribution in [0.2, 0.25) is 0 Å². The minimum atomic E-state index is -0.637. The van der Waals surface area contributed by atoms with Gasteiger partial charge in [-0.05, 0) is 25.1 Å². The lowest BCUT2D eigenvalue weighted by molar-refractivity contribution is 0.0600. The molecular weight excluding hydrogens is 272 g/mol. The van der Waals surface area contributed by atoms with Crippen molar-refractivity contribution in [3.05, 3.63) is 47.4 Å². The molecule has 2 rings (SSSR count). The number of benzene rings is 1. The SMILES string of the molecule is COC(=O)c1cccc(Nc2nc(C)ncc2C(N)=O)c1. The molecule has 108 valence electrons. The zero-order valence-electron chi connectivity index (χ0n) is 11.6. The van der Waals surface area contributed by atoms with Gasteiger partial charge in [-0.25, -0.2) is 14.8 Å². The van der Waals surface area contributed by atoms with Crippen LogP contribution in [0.25, 0.3) is 0 Å². The maximum Gasteiger partial charge on any atom is 0.337 e. The first-order chi connectivity index (χ1) is 10.0. The highest BCUT2D eigenvalue weighted by Crippen LogP contribution is 2.19. The van der Waals surface area contributed by atoms with Crippen LogP contribution in [0.4, 0.5) is 11.5 Å². The first kappa shape index (κ1) is 14.4. The van der Waals surface area contributed by atoms with Gasteiger partial charge in [0.15, 0.2) is 0 Å². The van der Waals surface area contributed by atoms with E-state index < -0.39 is 11.9 Å². The number of esters is 1. The standard InChI is InChI=1S/C14H14N4O3/c1-8-16-7-11(12(15)19)13(17-8)18-10-5-3-4-9(6-10)14(20)21-2/h3-7H,1-2H3,(H2,15,19)(H,16,17,18). The second kappa shape index (κ2) is 6.00. The van der Waals surface area contributed by atoms with Gasteiger partial charge in [0, 0.05) is 11.9 Å². The molecule has 1 amide bonds. The smallest absolute Gasteiger partial charge is 0.337 e. The van der Waals surface area contributed by atoms with Gasteiger partial charge < -0.3 is 15.8 Å². The van der Waals surface area contributed by atoms with Crippen molar-refractivity contribution in [3.8, 4) is 0 Å². The number of nitrogens with zero attached hydrogens (tertiary/aromatic N) is 2. The third kappa shape index (κ3) is 3.33. The lowest BCUT2D eigenvalue weighted by Crippen LogP contribution is -2.15. The molecule has 1 aromatic carbocycles. The summed E-state index contributed by atoms with van der Waals surface area (Å²) in [5, 5.41) is 2.95. The van der Waals surface area contributed by atoms with Gasteiger partial charge in [-0.3, -0.25) is 4.79 Å². The van der Waals surface area contributed by atoms with E-state index in [9.17, 15) is 9.59 Å². The first-order valence-corrected chi connectivity index (χ1v) is 6.10. The molecule has 0 atom stereocenters. The molecule has 0 radical (unpaired) electrons. The number of nitrogens with one attached hydrogen (secondary N) is 1. The van der Waals surface area contributed by atoms with Gasteiger partial charge in [-0.1, -0.05) is 6.07 Å². The number of amides is 1. The normalized spacial score (nSPS) is 10.0. The monoisotopic (exact) mass is 286 g/mol. The Bertz CT molecular complexity index is 700. The average Bonchev–Trinajstić information content (AvgIpc) is 2.46. The zero-order chi connectivity index (χ0) is 15.4. The molecular formula is C14H14N4O3. The summed E-state index contributed by atoms with van der Waals surface area (Å²) in [5.41, 5.74) is 6.42. The lowest BCUT2D eigenvalue weighted by Gasteiger charge is -2.10. The molecule has 0 spiro atoms. The summed E-state index contributed by atoms with van der Waals surface area (Å²) in [6.45, 7) is 1.70. The van der Waals surface area contributed by atoms with Crippen LogP contribution < -0.4 is 11.1 Å². The van der Waals surface area contributed by atoms with Crippen molar-refractivity contribution in [1.29, 1.82) is 0 Å². The van der Waals surface area contributed by atoms with Crippen LogP contribution in [0, 0.1) is 6.92 Å². The number of nitrogens with two attached hydrogens (primary N) is 1. The predicted molar refractivity (Wildman–Crippen MR) is 76.4 cm³/mol. The quantitative estimate of drug-likeness (QED) is 0.823. The average molecular weight is 286 g/mol. The summed E-state index contributed by atoms with van der Waals surface area (Å²) in [6, 6.07) is 6.63. The number of carbonyl (C=O) groups excluding carboxylic acids is 2. The van der Waals surface area contributed by atoms with E-state index in [0.717, 1.165) is 0 Å².